The number of aliphatic hydroxyl groups excluding tert-OH is 1. The lowest BCUT2D eigenvalue weighted by Gasteiger charge is -2.08. The van der Waals surface area contributed by atoms with Crippen LogP contribution in [-0.4, -0.2) is 31.2 Å². The molecular weight excluding hydrogens is 360 g/mol. The highest BCUT2D eigenvalue weighted by Gasteiger charge is 2.20. The van der Waals surface area contributed by atoms with Crippen molar-refractivity contribution in [3.63, 3.8) is 0 Å². The molecule has 3 aromatic rings. The van der Waals surface area contributed by atoms with E-state index in [2.05, 4.69) is 0 Å². The molecule has 0 fully saturated rings. The third-order valence-electron chi connectivity index (χ3n) is 4.07. The van der Waals surface area contributed by atoms with Crippen molar-refractivity contribution in [1.82, 2.24) is 0 Å². The van der Waals surface area contributed by atoms with Gasteiger partial charge in [-0.2, -0.15) is 0 Å². The fourth-order valence-electron chi connectivity index (χ4n) is 2.76. The lowest BCUT2D eigenvalue weighted by molar-refractivity contribution is 0.104. The van der Waals surface area contributed by atoms with Gasteiger partial charge in [-0.15, -0.1) is 0 Å². The summed E-state index contributed by atoms with van der Waals surface area (Å²) < 4.78 is 16.1. The molecule has 0 saturated heterocycles. The van der Waals surface area contributed by atoms with Gasteiger partial charge in [0.15, 0.2) is 5.78 Å². The number of carbonyl (C=O) groups is 1. The Labute approximate surface area is 161 Å². The molecule has 0 aliphatic heterocycles. The number of ether oxygens (including phenoxy) is 2. The molecule has 0 unspecified atom stereocenters. The first-order valence-corrected chi connectivity index (χ1v) is 8.80. The number of rotatable bonds is 8. The predicted octanol–water partition coefficient (Wildman–Crippen LogP) is 3.46. The summed E-state index contributed by atoms with van der Waals surface area (Å²) in [4.78, 5) is 25.0. The van der Waals surface area contributed by atoms with Gasteiger partial charge in [0.1, 0.15) is 22.6 Å². The Morgan fingerprint density at radius 1 is 1.18 bits per heavy atom. The van der Waals surface area contributed by atoms with E-state index < -0.39 is 11.4 Å². The van der Waals surface area contributed by atoms with Crippen LogP contribution in [0, 0.1) is 0 Å². The fraction of sp³-hybridized carbons (Fsp3) is 0.182. The highest BCUT2D eigenvalue weighted by atomic mass is 16.5. The van der Waals surface area contributed by atoms with Crippen LogP contribution in [0.3, 0.4) is 0 Å². The Hall–Kier alpha value is -3.38. The topological polar surface area (TPSA) is 86.0 Å². The normalized spacial score (nSPS) is 11.1. The molecule has 0 amide bonds. The molecule has 6 nitrogen and oxygen atoms in total. The summed E-state index contributed by atoms with van der Waals surface area (Å²) in [7, 11) is 1.41. The van der Waals surface area contributed by atoms with Crippen molar-refractivity contribution < 1.29 is 23.8 Å². The van der Waals surface area contributed by atoms with Gasteiger partial charge in [-0.1, -0.05) is 30.3 Å². The highest BCUT2D eigenvalue weighted by molar-refractivity contribution is 6.10. The second-order valence-corrected chi connectivity index (χ2v) is 5.99. The Morgan fingerprint density at radius 3 is 2.79 bits per heavy atom. The van der Waals surface area contributed by atoms with Crippen molar-refractivity contribution in [1.29, 1.82) is 0 Å². The summed E-state index contributed by atoms with van der Waals surface area (Å²) in [6.07, 6.45) is 3.43. The molecule has 1 N–H and O–H groups in total. The van der Waals surface area contributed by atoms with Gasteiger partial charge in [0, 0.05) is 13.0 Å². The average Bonchev–Trinajstić information content (AvgIpc) is 2.71. The SMILES string of the molecule is COc1c(C(=O)/C=C/c2cccc(OCCCO)c2)c(=O)oc2ccccc12. The van der Waals surface area contributed by atoms with Gasteiger partial charge in [0.05, 0.1) is 19.1 Å². The maximum atomic E-state index is 12.7. The van der Waals surface area contributed by atoms with Crippen LogP contribution >= 0.6 is 0 Å². The maximum absolute atomic E-state index is 12.7. The van der Waals surface area contributed by atoms with Crippen LogP contribution in [0.2, 0.25) is 0 Å². The first-order chi connectivity index (χ1) is 13.6. The largest absolute Gasteiger partial charge is 0.495 e. The van der Waals surface area contributed by atoms with Crippen LogP contribution in [0.5, 0.6) is 11.5 Å². The van der Waals surface area contributed by atoms with Gasteiger partial charge in [0.2, 0.25) is 0 Å². The molecule has 0 spiro atoms. The van der Waals surface area contributed by atoms with Crippen molar-refractivity contribution >= 4 is 22.8 Å². The quantitative estimate of drug-likeness (QED) is 0.279. The zero-order valence-corrected chi connectivity index (χ0v) is 15.4. The Bertz CT molecular complexity index is 1060. The first kappa shape index (κ1) is 19.4. The Morgan fingerprint density at radius 2 is 2.00 bits per heavy atom. The van der Waals surface area contributed by atoms with E-state index in [-0.39, 0.29) is 17.9 Å². The smallest absolute Gasteiger partial charge is 0.351 e. The summed E-state index contributed by atoms with van der Waals surface area (Å²) in [5.74, 6) is 0.316. The molecule has 0 radical (unpaired) electrons. The highest BCUT2D eigenvalue weighted by Crippen LogP contribution is 2.27. The number of hydrogen-bond acceptors (Lipinski definition) is 6. The molecule has 28 heavy (non-hydrogen) atoms. The third-order valence-corrected chi connectivity index (χ3v) is 4.07. The van der Waals surface area contributed by atoms with Crippen molar-refractivity contribution in [2.24, 2.45) is 0 Å². The lowest BCUT2D eigenvalue weighted by Crippen LogP contribution is -2.14. The van der Waals surface area contributed by atoms with Crippen LogP contribution in [0.15, 0.2) is 63.8 Å². The monoisotopic (exact) mass is 380 g/mol. The summed E-state index contributed by atoms with van der Waals surface area (Å²) in [5.41, 5.74) is 0.204. The molecule has 0 bridgehead atoms. The standard InChI is InChI=1S/C22H20O6/c1-26-21-17-8-2-3-9-19(17)28-22(25)20(21)18(24)11-10-15-6-4-7-16(14-15)27-13-5-12-23/h2-4,6-11,14,23H,5,12-13H2,1H3/b11-10+. The molecule has 0 aliphatic carbocycles. The second-order valence-electron chi connectivity index (χ2n) is 5.99. The summed E-state index contributed by atoms with van der Waals surface area (Å²) in [6, 6.07) is 14.0. The van der Waals surface area contributed by atoms with Crippen molar-refractivity contribution in [2.45, 2.75) is 6.42 Å². The van der Waals surface area contributed by atoms with Gasteiger partial charge < -0.3 is 19.0 Å². The van der Waals surface area contributed by atoms with E-state index in [4.69, 9.17) is 19.0 Å². The predicted molar refractivity (Wildman–Crippen MR) is 106 cm³/mol. The maximum Gasteiger partial charge on any atom is 0.351 e. The molecule has 6 heteroatoms. The van der Waals surface area contributed by atoms with Gasteiger partial charge in [-0.25, -0.2) is 4.79 Å². The number of methoxy groups -OCH3 is 1. The van der Waals surface area contributed by atoms with Crippen molar-refractivity contribution in [3.8, 4) is 11.5 Å². The van der Waals surface area contributed by atoms with Gasteiger partial charge in [0.25, 0.3) is 0 Å². The zero-order valence-electron chi connectivity index (χ0n) is 15.4. The van der Waals surface area contributed by atoms with Crippen LogP contribution in [0.25, 0.3) is 17.0 Å². The van der Waals surface area contributed by atoms with E-state index in [9.17, 15) is 9.59 Å². The molecule has 0 atom stereocenters. The minimum Gasteiger partial charge on any atom is -0.495 e. The third kappa shape index (κ3) is 4.29. The molecular formula is C22H20O6. The van der Waals surface area contributed by atoms with Crippen molar-refractivity contribution in [3.05, 3.63) is 76.2 Å². The molecule has 3 rings (SSSR count). The van der Waals surface area contributed by atoms with Gasteiger partial charge >= 0.3 is 5.63 Å². The average molecular weight is 380 g/mol. The van der Waals surface area contributed by atoms with E-state index in [0.29, 0.717) is 29.7 Å². The Kier molecular flexibility index (Phi) is 6.24. The minimum atomic E-state index is -0.744. The van der Waals surface area contributed by atoms with Crippen LogP contribution in [0.4, 0.5) is 0 Å². The van der Waals surface area contributed by atoms with Gasteiger partial charge in [-0.05, 0) is 35.9 Å². The molecule has 1 heterocycles. The lowest BCUT2D eigenvalue weighted by atomic mass is 10.1. The minimum absolute atomic E-state index is 0.0598. The second kappa shape index (κ2) is 9.01. The summed E-state index contributed by atoms with van der Waals surface area (Å²) >= 11 is 0. The van der Waals surface area contributed by atoms with E-state index in [0.717, 1.165) is 5.56 Å². The van der Waals surface area contributed by atoms with Crippen LogP contribution in [0.1, 0.15) is 22.3 Å². The first-order valence-electron chi connectivity index (χ1n) is 8.80. The number of ketones is 1. The molecule has 2 aromatic carbocycles. The number of hydrogen-bond donors (Lipinski definition) is 1. The molecule has 1 aromatic heterocycles. The van der Waals surface area contributed by atoms with E-state index in [1.165, 1.54) is 13.2 Å². The van der Waals surface area contributed by atoms with Crippen LogP contribution in [-0.2, 0) is 0 Å². The fourth-order valence-corrected chi connectivity index (χ4v) is 2.76. The number of benzene rings is 2. The molecule has 0 aliphatic rings. The molecule has 0 saturated carbocycles. The number of allylic oxidation sites excluding steroid dienone is 1. The zero-order chi connectivity index (χ0) is 19.9. The Balaban J connectivity index is 1.88. The summed E-state index contributed by atoms with van der Waals surface area (Å²) in [5, 5.41) is 9.37. The van der Waals surface area contributed by atoms with Crippen LogP contribution < -0.4 is 15.1 Å². The number of aliphatic hydroxyl groups is 1. The van der Waals surface area contributed by atoms with E-state index in [1.807, 2.05) is 6.07 Å². The van der Waals surface area contributed by atoms with E-state index in [1.54, 1.807) is 48.5 Å². The molecule has 144 valence electrons. The van der Waals surface area contributed by atoms with Gasteiger partial charge in [-0.3, -0.25) is 4.79 Å². The number of fused-ring (bicyclic) bond motifs is 1. The summed E-state index contributed by atoms with van der Waals surface area (Å²) in [6.45, 7) is 0.461. The van der Waals surface area contributed by atoms with E-state index >= 15 is 0 Å². The van der Waals surface area contributed by atoms with Crippen molar-refractivity contribution in [2.75, 3.05) is 20.3 Å². The number of para-hydroxylation sites is 1. The number of carbonyl (C=O) groups excluding carboxylic acids is 1.